The number of aryl methyl sites for hydroxylation is 3. The summed E-state index contributed by atoms with van der Waals surface area (Å²) in [5.41, 5.74) is 5.33. The highest BCUT2D eigenvalue weighted by molar-refractivity contribution is 5.69. The zero-order chi connectivity index (χ0) is 16.8. The lowest BCUT2D eigenvalue weighted by atomic mass is 9.90. The second-order valence-electron chi connectivity index (χ2n) is 6.32. The molecule has 2 aromatic rings. The Morgan fingerprint density at radius 2 is 1.67 bits per heavy atom. The summed E-state index contributed by atoms with van der Waals surface area (Å²) in [5, 5.41) is 0. The van der Waals surface area contributed by atoms with Crippen LogP contribution in [0, 0.1) is 0 Å². The largest absolute Gasteiger partial charge is 0.489 e. The van der Waals surface area contributed by atoms with Gasteiger partial charge in [0.25, 0.3) is 0 Å². The van der Waals surface area contributed by atoms with Crippen molar-refractivity contribution in [2.45, 2.75) is 45.1 Å². The lowest BCUT2D eigenvalue weighted by molar-refractivity contribution is -0.140. The molecule has 0 aliphatic heterocycles. The zero-order valence-electron chi connectivity index (χ0n) is 14.2. The van der Waals surface area contributed by atoms with Crippen LogP contribution in [0.25, 0.3) is 0 Å². The normalized spacial score (nSPS) is 13.2. The average molecular weight is 324 g/mol. The summed E-state index contributed by atoms with van der Waals surface area (Å²) < 4.78 is 10.6. The molecule has 0 N–H and O–H groups in total. The number of hydrogen-bond donors (Lipinski definition) is 0. The summed E-state index contributed by atoms with van der Waals surface area (Å²) in [6.07, 6.45) is 6.11. The number of esters is 1. The predicted octanol–water partition coefficient (Wildman–Crippen LogP) is 4.25. The van der Waals surface area contributed by atoms with Gasteiger partial charge >= 0.3 is 5.97 Å². The summed E-state index contributed by atoms with van der Waals surface area (Å²) in [5.74, 6) is 0.678. The van der Waals surface area contributed by atoms with Crippen LogP contribution in [0.3, 0.4) is 0 Å². The molecule has 3 heteroatoms. The quantitative estimate of drug-likeness (QED) is 0.745. The molecule has 3 rings (SSSR count). The summed E-state index contributed by atoms with van der Waals surface area (Å²) in [7, 11) is 1.42. The van der Waals surface area contributed by atoms with Gasteiger partial charge in [0.2, 0.25) is 0 Å². The maximum absolute atomic E-state index is 11.2. The van der Waals surface area contributed by atoms with E-state index in [1.807, 2.05) is 24.3 Å². The molecule has 1 aliphatic carbocycles. The van der Waals surface area contributed by atoms with Gasteiger partial charge in [-0.15, -0.1) is 0 Å². The van der Waals surface area contributed by atoms with E-state index in [4.69, 9.17) is 4.74 Å². The molecule has 0 fully saturated rings. The van der Waals surface area contributed by atoms with Crippen LogP contribution in [-0.2, 0) is 35.4 Å². The molecule has 126 valence electrons. The van der Waals surface area contributed by atoms with Crippen molar-refractivity contribution in [2.24, 2.45) is 0 Å². The number of ether oxygens (including phenoxy) is 2. The lowest BCUT2D eigenvalue weighted by Crippen LogP contribution is -2.04. The van der Waals surface area contributed by atoms with Gasteiger partial charge in [0.1, 0.15) is 12.4 Å². The van der Waals surface area contributed by atoms with Crippen molar-refractivity contribution in [3.05, 3.63) is 64.7 Å². The van der Waals surface area contributed by atoms with Crippen LogP contribution in [0.15, 0.2) is 42.5 Å². The number of carbonyl (C=O) groups is 1. The van der Waals surface area contributed by atoms with E-state index >= 15 is 0 Å². The van der Waals surface area contributed by atoms with E-state index in [0.717, 1.165) is 11.3 Å². The molecule has 0 radical (unpaired) electrons. The Morgan fingerprint density at radius 3 is 2.42 bits per heavy atom. The third-order valence-corrected chi connectivity index (χ3v) is 4.59. The minimum atomic E-state index is -0.178. The molecular formula is C21H24O3. The van der Waals surface area contributed by atoms with Crippen molar-refractivity contribution in [1.29, 1.82) is 0 Å². The van der Waals surface area contributed by atoms with Crippen molar-refractivity contribution in [1.82, 2.24) is 0 Å². The molecular weight excluding hydrogens is 300 g/mol. The molecule has 24 heavy (non-hydrogen) atoms. The Labute approximate surface area is 143 Å². The highest BCUT2D eigenvalue weighted by atomic mass is 16.5. The van der Waals surface area contributed by atoms with E-state index in [-0.39, 0.29) is 5.97 Å². The second-order valence-corrected chi connectivity index (χ2v) is 6.32. The maximum atomic E-state index is 11.2. The van der Waals surface area contributed by atoms with Crippen LogP contribution in [0.5, 0.6) is 5.75 Å². The molecule has 0 bridgehead atoms. The van der Waals surface area contributed by atoms with E-state index in [1.54, 1.807) is 0 Å². The monoisotopic (exact) mass is 324 g/mol. The number of hydrogen-bond acceptors (Lipinski definition) is 3. The lowest BCUT2D eigenvalue weighted by Gasteiger charge is -2.16. The second kappa shape index (κ2) is 8.00. The SMILES string of the molecule is COC(=O)CCc1ccc(OCc2ccc3c(c2)CCCC3)cc1. The van der Waals surface area contributed by atoms with Gasteiger partial charge in [-0.3, -0.25) is 4.79 Å². The van der Waals surface area contributed by atoms with Crippen LogP contribution in [0.1, 0.15) is 41.5 Å². The third kappa shape index (κ3) is 4.38. The topological polar surface area (TPSA) is 35.5 Å². The van der Waals surface area contributed by atoms with Crippen molar-refractivity contribution in [3.63, 3.8) is 0 Å². The Bertz CT molecular complexity index is 689. The Morgan fingerprint density at radius 1 is 0.958 bits per heavy atom. The molecule has 0 amide bonds. The molecule has 0 unspecified atom stereocenters. The van der Waals surface area contributed by atoms with Gasteiger partial charge < -0.3 is 9.47 Å². The van der Waals surface area contributed by atoms with Gasteiger partial charge in [0.05, 0.1) is 7.11 Å². The van der Waals surface area contributed by atoms with Gasteiger partial charge in [-0.1, -0.05) is 30.3 Å². The van der Waals surface area contributed by atoms with Gasteiger partial charge in [-0.25, -0.2) is 0 Å². The van der Waals surface area contributed by atoms with E-state index < -0.39 is 0 Å². The van der Waals surface area contributed by atoms with Crippen LogP contribution < -0.4 is 4.74 Å². The fourth-order valence-corrected chi connectivity index (χ4v) is 3.14. The smallest absolute Gasteiger partial charge is 0.305 e. The highest BCUT2D eigenvalue weighted by Gasteiger charge is 2.09. The molecule has 0 saturated heterocycles. The fourth-order valence-electron chi connectivity index (χ4n) is 3.14. The molecule has 0 aromatic heterocycles. The van der Waals surface area contributed by atoms with Crippen molar-refractivity contribution in [2.75, 3.05) is 7.11 Å². The van der Waals surface area contributed by atoms with Crippen LogP contribution >= 0.6 is 0 Å². The Balaban J connectivity index is 1.54. The Kier molecular flexibility index (Phi) is 5.52. The summed E-state index contributed by atoms with van der Waals surface area (Å²) in [6.45, 7) is 0.592. The number of carbonyl (C=O) groups excluding carboxylic acids is 1. The van der Waals surface area contributed by atoms with Crippen LogP contribution in [0.2, 0.25) is 0 Å². The first kappa shape index (κ1) is 16.6. The average Bonchev–Trinajstić information content (AvgIpc) is 2.65. The number of benzene rings is 2. The van der Waals surface area contributed by atoms with Gasteiger partial charge in [-0.05, 0) is 66.5 Å². The highest BCUT2D eigenvalue weighted by Crippen LogP contribution is 2.23. The molecule has 0 spiro atoms. The number of fused-ring (bicyclic) bond motifs is 1. The predicted molar refractivity (Wildman–Crippen MR) is 94.2 cm³/mol. The van der Waals surface area contributed by atoms with Gasteiger partial charge in [0.15, 0.2) is 0 Å². The molecule has 0 atom stereocenters. The minimum Gasteiger partial charge on any atom is -0.489 e. The first-order valence-corrected chi connectivity index (χ1v) is 8.64. The van der Waals surface area contributed by atoms with Crippen LogP contribution in [-0.4, -0.2) is 13.1 Å². The standard InChI is InChI=1S/C21H24O3/c1-23-21(22)13-9-16-7-11-20(12-8-16)24-15-17-6-10-18-4-2-3-5-19(18)14-17/h6-8,10-12,14H,2-5,9,13,15H2,1H3. The van der Waals surface area contributed by atoms with Crippen LogP contribution in [0.4, 0.5) is 0 Å². The van der Waals surface area contributed by atoms with E-state index in [9.17, 15) is 4.79 Å². The first-order valence-electron chi connectivity index (χ1n) is 8.64. The van der Waals surface area contributed by atoms with Crippen molar-refractivity contribution < 1.29 is 14.3 Å². The van der Waals surface area contributed by atoms with Crippen molar-refractivity contribution >= 4 is 5.97 Å². The molecule has 3 nitrogen and oxygen atoms in total. The zero-order valence-corrected chi connectivity index (χ0v) is 14.2. The summed E-state index contributed by atoms with van der Waals surface area (Å²) in [6, 6.07) is 14.7. The molecule has 0 heterocycles. The van der Waals surface area contributed by atoms with Gasteiger partial charge in [0, 0.05) is 6.42 Å². The fraction of sp³-hybridized carbons (Fsp3) is 0.381. The molecule has 1 aliphatic rings. The maximum Gasteiger partial charge on any atom is 0.305 e. The van der Waals surface area contributed by atoms with E-state index in [1.165, 1.54) is 49.5 Å². The molecule has 0 saturated carbocycles. The van der Waals surface area contributed by atoms with E-state index in [2.05, 4.69) is 22.9 Å². The summed E-state index contributed by atoms with van der Waals surface area (Å²) in [4.78, 5) is 11.2. The number of rotatable bonds is 6. The summed E-state index contributed by atoms with van der Waals surface area (Å²) >= 11 is 0. The van der Waals surface area contributed by atoms with E-state index in [0.29, 0.717) is 19.4 Å². The van der Waals surface area contributed by atoms with Gasteiger partial charge in [-0.2, -0.15) is 0 Å². The van der Waals surface area contributed by atoms with Crippen molar-refractivity contribution in [3.8, 4) is 5.75 Å². The first-order chi connectivity index (χ1) is 11.7. The number of methoxy groups -OCH3 is 1. The molecule has 2 aromatic carbocycles. The Hall–Kier alpha value is -2.29. The minimum absolute atomic E-state index is 0.178. The third-order valence-electron chi connectivity index (χ3n) is 4.59.